The number of rotatable bonds is 5. The molecule has 1 aliphatic carbocycles. The van der Waals surface area contributed by atoms with Crippen LogP contribution in [0.25, 0.3) is 0 Å². The molecule has 2 unspecified atom stereocenters. The van der Waals surface area contributed by atoms with Gasteiger partial charge in [-0.05, 0) is 32.1 Å². The van der Waals surface area contributed by atoms with Crippen LogP contribution in [0, 0.1) is 5.92 Å². The molecule has 17 heavy (non-hydrogen) atoms. The van der Waals surface area contributed by atoms with Crippen molar-refractivity contribution in [2.75, 3.05) is 13.2 Å². The van der Waals surface area contributed by atoms with E-state index in [0.717, 1.165) is 19.3 Å². The highest BCUT2D eigenvalue weighted by Gasteiger charge is 2.23. The molecule has 0 aromatic heterocycles. The molecule has 1 fully saturated rings. The summed E-state index contributed by atoms with van der Waals surface area (Å²) in [5.41, 5.74) is 5.72. The van der Waals surface area contributed by atoms with Gasteiger partial charge >= 0.3 is 16.3 Å². The fourth-order valence-electron chi connectivity index (χ4n) is 1.83. The van der Waals surface area contributed by atoms with E-state index >= 15 is 0 Å². The van der Waals surface area contributed by atoms with Crippen LogP contribution < -0.4 is 15.2 Å². The van der Waals surface area contributed by atoms with E-state index in [1.807, 2.05) is 0 Å². The van der Waals surface area contributed by atoms with Crippen LogP contribution in [-0.4, -0.2) is 33.7 Å². The summed E-state index contributed by atoms with van der Waals surface area (Å²) < 4.78 is 31.4. The van der Waals surface area contributed by atoms with Gasteiger partial charge in [-0.3, -0.25) is 0 Å². The van der Waals surface area contributed by atoms with Crippen molar-refractivity contribution in [1.29, 1.82) is 0 Å². The van der Waals surface area contributed by atoms with Gasteiger partial charge in [-0.1, -0.05) is 0 Å². The molecule has 0 aliphatic heterocycles. The van der Waals surface area contributed by atoms with Gasteiger partial charge in [0.2, 0.25) is 0 Å². The molecule has 0 aromatic rings. The van der Waals surface area contributed by atoms with Crippen molar-refractivity contribution < 1.29 is 17.9 Å². The summed E-state index contributed by atoms with van der Waals surface area (Å²) in [6, 6.07) is 0.155. The van der Waals surface area contributed by atoms with E-state index in [9.17, 15) is 13.2 Å². The van der Waals surface area contributed by atoms with E-state index in [1.165, 1.54) is 0 Å². The lowest BCUT2D eigenvalue weighted by Crippen LogP contribution is -2.42. The second-order valence-electron chi connectivity index (χ2n) is 4.11. The van der Waals surface area contributed by atoms with Crippen molar-refractivity contribution in [3.63, 3.8) is 0 Å². The highest BCUT2D eigenvalue weighted by Crippen LogP contribution is 2.23. The van der Waals surface area contributed by atoms with Crippen LogP contribution in [0.1, 0.15) is 26.2 Å². The van der Waals surface area contributed by atoms with Crippen LogP contribution in [-0.2, 0) is 14.9 Å². The lowest BCUT2D eigenvalue weighted by molar-refractivity contribution is 0.158. The molecule has 0 heterocycles. The SMILES string of the molecule is CCOC(=O)NS(=O)(=O)NCC1CCC(N)C1. The molecule has 7 nitrogen and oxygen atoms in total. The molecule has 2 atom stereocenters. The van der Waals surface area contributed by atoms with Crippen molar-refractivity contribution in [3.05, 3.63) is 0 Å². The first-order valence-electron chi connectivity index (χ1n) is 5.62. The van der Waals surface area contributed by atoms with Crippen molar-refractivity contribution >= 4 is 16.3 Å². The van der Waals surface area contributed by atoms with E-state index in [2.05, 4.69) is 9.46 Å². The Bertz CT molecular complexity index is 357. The molecule has 0 saturated heterocycles. The fourth-order valence-corrected chi connectivity index (χ4v) is 2.64. The molecule has 0 radical (unpaired) electrons. The lowest BCUT2D eigenvalue weighted by Gasteiger charge is -2.12. The van der Waals surface area contributed by atoms with Crippen LogP contribution in [0.5, 0.6) is 0 Å². The maximum absolute atomic E-state index is 11.4. The minimum Gasteiger partial charge on any atom is -0.449 e. The minimum atomic E-state index is -3.82. The number of ether oxygens (including phenoxy) is 1. The van der Waals surface area contributed by atoms with Crippen LogP contribution in [0.15, 0.2) is 0 Å². The van der Waals surface area contributed by atoms with Gasteiger partial charge in [-0.25, -0.2) is 9.52 Å². The molecule has 1 saturated carbocycles. The number of nitrogens with two attached hydrogens (primary N) is 1. The Hall–Kier alpha value is -0.860. The summed E-state index contributed by atoms with van der Waals surface area (Å²) >= 11 is 0. The van der Waals surface area contributed by atoms with Gasteiger partial charge < -0.3 is 10.5 Å². The van der Waals surface area contributed by atoms with Crippen molar-refractivity contribution in [3.8, 4) is 0 Å². The largest absolute Gasteiger partial charge is 0.449 e. The van der Waals surface area contributed by atoms with Crippen LogP contribution in [0.4, 0.5) is 4.79 Å². The predicted octanol–water partition coefficient (Wildman–Crippen LogP) is -0.306. The van der Waals surface area contributed by atoms with Gasteiger partial charge in [0.15, 0.2) is 0 Å². The van der Waals surface area contributed by atoms with Crippen LogP contribution in [0.3, 0.4) is 0 Å². The first kappa shape index (κ1) is 14.2. The standard InChI is InChI=1S/C9H19N3O4S/c1-2-16-9(13)12-17(14,15)11-6-7-3-4-8(10)5-7/h7-8,11H,2-6,10H2,1H3,(H,12,13). The average Bonchev–Trinajstić information content (AvgIpc) is 2.61. The Labute approximate surface area is 101 Å². The van der Waals surface area contributed by atoms with Gasteiger partial charge in [-0.2, -0.15) is 13.1 Å². The predicted molar refractivity (Wildman–Crippen MR) is 62.4 cm³/mol. The normalized spacial score (nSPS) is 24.6. The van der Waals surface area contributed by atoms with Gasteiger partial charge in [0.05, 0.1) is 6.61 Å². The topological polar surface area (TPSA) is 111 Å². The molecule has 100 valence electrons. The Morgan fingerprint density at radius 1 is 1.47 bits per heavy atom. The highest BCUT2D eigenvalue weighted by atomic mass is 32.2. The van der Waals surface area contributed by atoms with Crippen molar-refractivity contribution in [2.24, 2.45) is 11.7 Å². The minimum absolute atomic E-state index is 0.124. The number of amides is 1. The Balaban J connectivity index is 2.32. The van der Waals surface area contributed by atoms with Crippen molar-refractivity contribution in [2.45, 2.75) is 32.2 Å². The van der Waals surface area contributed by atoms with Gasteiger partial charge in [0.1, 0.15) is 0 Å². The first-order valence-corrected chi connectivity index (χ1v) is 7.11. The molecule has 4 N–H and O–H groups in total. The second kappa shape index (κ2) is 6.18. The van der Waals surface area contributed by atoms with Crippen LogP contribution >= 0.6 is 0 Å². The quantitative estimate of drug-likeness (QED) is 0.631. The molecular weight excluding hydrogens is 246 g/mol. The monoisotopic (exact) mass is 265 g/mol. The summed E-state index contributed by atoms with van der Waals surface area (Å²) in [5, 5.41) is 0. The third kappa shape index (κ3) is 5.33. The molecule has 1 rings (SSSR count). The highest BCUT2D eigenvalue weighted by molar-refractivity contribution is 7.88. The molecule has 1 aliphatic rings. The number of carbonyl (C=O) groups excluding carboxylic acids is 1. The number of hydrogen-bond donors (Lipinski definition) is 3. The van der Waals surface area contributed by atoms with Crippen molar-refractivity contribution in [1.82, 2.24) is 9.44 Å². The fraction of sp³-hybridized carbons (Fsp3) is 0.889. The molecule has 0 bridgehead atoms. The summed E-state index contributed by atoms with van der Waals surface area (Å²) in [7, 11) is -3.82. The van der Waals surface area contributed by atoms with E-state index in [-0.39, 0.29) is 18.6 Å². The Morgan fingerprint density at radius 3 is 2.71 bits per heavy atom. The zero-order chi connectivity index (χ0) is 12.9. The molecule has 8 heteroatoms. The van der Waals surface area contributed by atoms with E-state index in [1.54, 1.807) is 11.6 Å². The zero-order valence-corrected chi connectivity index (χ0v) is 10.6. The first-order chi connectivity index (χ1) is 7.93. The summed E-state index contributed by atoms with van der Waals surface area (Å²) in [6.07, 6.45) is 1.66. The average molecular weight is 265 g/mol. The molecule has 0 aromatic carbocycles. The third-order valence-corrected chi connectivity index (χ3v) is 3.62. The lowest BCUT2D eigenvalue weighted by atomic mass is 10.1. The second-order valence-corrected chi connectivity index (χ2v) is 5.61. The molecular formula is C9H19N3O4S. The summed E-state index contributed by atoms with van der Waals surface area (Å²) in [5.74, 6) is 0.240. The number of carbonyl (C=O) groups is 1. The maximum atomic E-state index is 11.4. The zero-order valence-electron chi connectivity index (χ0n) is 9.81. The van der Waals surface area contributed by atoms with Crippen LogP contribution in [0.2, 0.25) is 0 Å². The van der Waals surface area contributed by atoms with Gasteiger partial charge in [-0.15, -0.1) is 0 Å². The maximum Gasteiger partial charge on any atom is 0.421 e. The van der Waals surface area contributed by atoms with E-state index < -0.39 is 16.3 Å². The van der Waals surface area contributed by atoms with E-state index in [0.29, 0.717) is 6.54 Å². The van der Waals surface area contributed by atoms with Gasteiger partial charge in [0, 0.05) is 12.6 Å². The summed E-state index contributed by atoms with van der Waals surface area (Å²) in [6.45, 7) is 2.01. The molecule has 0 spiro atoms. The van der Waals surface area contributed by atoms with Gasteiger partial charge in [0.25, 0.3) is 0 Å². The Morgan fingerprint density at radius 2 is 2.18 bits per heavy atom. The third-order valence-electron chi connectivity index (χ3n) is 2.64. The number of nitrogens with one attached hydrogen (secondary N) is 2. The smallest absolute Gasteiger partial charge is 0.421 e. The molecule has 1 amide bonds. The number of hydrogen-bond acceptors (Lipinski definition) is 5. The summed E-state index contributed by atoms with van der Waals surface area (Å²) in [4.78, 5) is 10.9. The van der Waals surface area contributed by atoms with E-state index in [4.69, 9.17) is 5.73 Å². The Kier molecular flexibility index (Phi) is 5.16.